The average Bonchev–Trinajstić information content (AvgIpc) is 3.00. The molecule has 0 aliphatic heterocycles. The van der Waals surface area contributed by atoms with E-state index >= 15 is 0 Å². The number of aromatic nitrogens is 2. The molecule has 3 rings (SSSR count). The Bertz CT molecular complexity index is 729. The molecule has 0 saturated heterocycles. The minimum atomic E-state index is 0.725. The molecule has 2 aromatic heterocycles. The highest BCUT2D eigenvalue weighted by atomic mass is 32.1. The monoisotopic (exact) mass is 273 g/mol. The molecule has 4 nitrogen and oxygen atoms in total. The lowest BCUT2D eigenvalue weighted by Crippen LogP contribution is -1.91. The van der Waals surface area contributed by atoms with E-state index in [9.17, 15) is 0 Å². The predicted molar refractivity (Wildman–Crippen MR) is 78.8 cm³/mol. The maximum atomic E-state index is 5.88. The molecule has 1 aromatic carbocycles. The molecule has 0 radical (unpaired) electrons. The number of rotatable bonds is 3. The normalized spacial score (nSPS) is 11.1. The highest BCUT2D eigenvalue weighted by molar-refractivity contribution is 7.15. The Labute approximate surface area is 115 Å². The van der Waals surface area contributed by atoms with Crippen LogP contribution in [-0.4, -0.2) is 16.5 Å². The quantitative estimate of drug-likeness (QED) is 0.797. The standard InChI is InChI=1S/C14H15N3OS/c1-3-9-6-10(4-5-12(9)18-2)11-7-17-13(15)8-19-14(17)16-11/h4-8H,3,15H2,1-2H3. The lowest BCUT2D eigenvalue weighted by Gasteiger charge is -2.07. The van der Waals surface area contributed by atoms with Crippen molar-refractivity contribution in [2.24, 2.45) is 0 Å². The highest BCUT2D eigenvalue weighted by Crippen LogP contribution is 2.28. The molecule has 0 unspecified atom stereocenters. The largest absolute Gasteiger partial charge is 0.496 e. The summed E-state index contributed by atoms with van der Waals surface area (Å²) >= 11 is 1.55. The fraction of sp³-hybridized carbons (Fsp3) is 0.214. The van der Waals surface area contributed by atoms with Gasteiger partial charge in [0, 0.05) is 17.1 Å². The molecule has 19 heavy (non-hydrogen) atoms. The number of nitrogen functional groups attached to an aromatic ring is 1. The van der Waals surface area contributed by atoms with Crippen molar-refractivity contribution in [1.29, 1.82) is 0 Å². The number of thiazole rings is 1. The van der Waals surface area contributed by atoms with Crippen molar-refractivity contribution in [2.45, 2.75) is 13.3 Å². The summed E-state index contributed by atoms with van der Waals surface area (Å²) in [6, 6.07) is 6.15. The van der Waals surface area contributed by atoms with Gasteiger partial charge in [-0.05, 0) is 30.2 Å². The minimum Gasteiger partial charge on any atom is -0.496 e. The molecule has 0 aliphatic rings. The number of aryl methyl sites for hydroxylation is 1. The fourth-order valence-electron chi connectivity index (χ4n) is 2.15. The Balaban J connectivity index is 2.10. The summed E-state index contributed by atoms with van der Waals surface area (Å²) in [5.41, 5.74) is 9.10. The third kappa shape index (κ3) is 1.96. The molecule has 0 atom stereocenters. The minimum absolute atomic E-state index is 0.725. The van der Waals surface area contributed by atoms with Crippen LogP contribution in [0.2, 0.25) is 0 Å². The maximum Gasteiger partial charge on any atom is 0.195 e. The Morgan fingerprint density at radius 2 is 2.26 bits per heavy atom. The third-order valence-electron chi connectivity index (χ3n) is 3.19. The van der Waals surface area contributed by atoms with Gasteiger partial charge in [-0.3, -0.25) is 4.40 Å². The molecular formula is C14H15N3OS. The molecule has 0 amide bonds. The second-order valence-corrected chi connectivity index (χ2v) is 5.16. The molecular weight excluding hydrogens is 258 g/mol. The molecule has 3 aromatic rings. The topological polar surface area (TPSA) is 52.5 Å². The van der Waals surface area contributed by atoms with E-state index in [1.807, 2.05) is 28.1 Å². The van der Waals surface area contributed by atoms with Gasteiger partial charge in [-0.15, -0.1) is 11.3 Å². The number of hydrogen-bond donors (Lipinski definition) is 1. The van der Waals surface area contributed by atoms with E-state index in [0.29, 0.717) is 0 Å². The van der Waals surface area contributed by atoms with E-state index in [0.717, 1.165) is 34.2 Å². The zero-order valence-corrected chi connectivity index (χ0v) is 11.7. The lowest BCUT2D eigenvalue weighted by atomic mass is 10.1. The molecule has 2 N–H and O–H groups in total. The summed E-state index contributed by atoms with van der Waals surface area (Å²) in [6.07, 6.45) is 2.91. The Kier molecular flexibility index (Phi) is 2.91. The number of anilines is 1. The van der Waals surface area contributed by atoms with Crippen LogP contribution < -0.4 is 10.5 Å². The van der Waals surface area contributed by atoms with Gasteiger partial charge < -0.3 is 10.5 Å². The zero-order valence-electron chi connectivity index (χ0n) is 10.9. The summed E-state index contributed by atoms with van der Waals surface area (Å²) < 4.78 is 7.26. The zero-order chi connectivity index (χ0) is 13.4. The van der Waals surface area contributed by atoms with Crippen LogP contribution in [0.15, 0.2) is 29.8 Å². The number of ether oxygens (including phenoxy) is 1. The van der Waals surface area contributed by atoms with Gasteiger partial charge in [-0.25, -0.2) is 4.98 Å². The smallest absolute Gasteiger partial charge is 0.195 e. The summed E-state index contributed by atoms with van der Waals surface area (Å²) in [6.45, 7) is 2.12. The highest BCUT2D eigenvalue weighted by Gasteiger charge is 2.10. The Morgan fingerprint density at radius 1 is 1.42 bits per heavy atom. The van der Waals surface area contributed by atoms with Gasteiger partial charge in [-0.2, -0.15) is 0 Å². The maximum absolute atomic E-state index is 5.88. The Morgan fingerprint density at radius 3 is 2.95 bits per heavy atom. The number of methoxy groups -OCH3 is 1. The second-order valence-electron chi connectivity index (χ2n) is 4.32. The molecule has 0 spiro atoms. The van der Waals surface area contributed by atoms with Crippen LogP contribution in [0, 0.1) is 0 Å². The molecule has 0 aliphatic carbocycles. The Hall–Kier alpha value is -2.01. The molecule has 2 heterocycles. The molecule has 0 fully saturated rings. The first-order valence-electron chi connectivity index (χ1n) is 6.12. The number of imidazole rings is 1. The van der Waals surface area contributed by atoms with Gasteiger partial charge in [0.05, 0.1) is 12.8 Å². The van der Waals surface area contributed by atoms with Crippen LogP contribution in [0.3, 0.4) is 0 Å². The average molecular weight is 273 g/mol. The van der Waals surface area contributed by atoms with Crippen LogP contribution in [0.4, 0.5) is 5.82 Å². The molecule has 0 bridgehead atoms. The van der Waals surface area contributed by atoms with Gasteiger partial charge >= 0.3 is 0 Å². The van der Waals surface area contributed by atoms with E-state index in [1.165, 1.54) is 5.56 Å². The molecule has 5 heteroatoms. The van der Waals surface area contributed by atoms with Crippen LogP contribution in [0.5, 0.6) is 5.75 Å². The van der Waals surface area contributed by atoms with Crippen molar-refractivity contribution >= 4 is 22.1 Å². The van der Waals surface area contributed by atoms with E-state index in [2.05, 4.69) is 18.0 Å². The number of nitrogens with zero attached hydrogens (tertiary/aromatic N) is 2. The van der Waals surface area contributed by atoms with Gasteiger partial charge in [0.1, 0.15) is 11.6 Å². The first-order chi connectivity index (χ1) is 9.22. The van der Waals surface area contributed by atoms with Crippen LogP contribution in [0.25, 0.3) is 16.2 Å². The van der Waals surface area contributed by atoms with E-state index in [4.69, 9.17) is 10.5 Å². The van der Waals surface area contributed by atoms with Crippen molar-refractivity contribution in [2.75, 3.05) is 12.8 Å². The molecule has 0 saturated carbocycles. The predicted octanol–water partition coefficient (Wildman–Crippen LogP) is 3.22. The van der Waals surface area contributed by atoms with Crippen molar-refractivity contribution in [3.8, 4) is 17.0 Å². The van der Waals surface area contributed by atoms with E-state index < -0.39 is 0 Å². The second kappa shape index (κ2) is 4.59. The van der Waals surface area contributed by atoms with Crippen LogP contribution in [-0.2, 0) is 6.42 Å². The fourth-order valence-corrected chi connectivity index (χ4v) is 2.92. The summed E-state index contributed by atoms with van der Waals surface area (Å²) in [4.78, 5) is 5.51. The number of hydrogen-bond acceptors (Lipinski definition) is 4. The van der Waals surface area contributed by atoms with Gasteiger partial charge in [0.25, 0.3) is 0 Å². The third-order valence-corrected chi connectivity index (χ3v) is 4.05. The van der Waals surface area contributed by atoms with Gasteiger partial charge in [0.2, 0.25) is 0 Å². The first kappa shape index (κ1) is 12.0. The van der Waals surface area contributed by atoms with E-state index in [1.54, 1.807) is 18.4 Å². The first-order valence-corrected chi connectivity index (χ1v) is 7.00. The van der Waals surface area contributed by atoms with Gasteiger partial charge in [0.15, 0.2) is 4.96 Å². The summed E-state index contributed by atoms with van der Waals surface area (Å²) in [5, 5.41) is 1.90. The van der Waals surface area contributed by atoms with Crippen molar-refractivity contribution in [1.82, 2.24) is 9.38 Å². The number of nitrogens with two attached hydrogens (primary N) is 1. The van der Waals surface area contributed by atoms with E-state index in [-0.39, 0.29) is 0 Å². The number of fused-ring (bicyclic) bond motifs is 1. The van der Waals surface area contributed by atoms with Gasteiger partial charge in [-0.1, -0.05) is 6.92 Å². The van der Waals surface area contributed by atoms with Crippen molar-refractivity contribution < 1.29 is 4.74 Å². The lowest BCUT2D eigenvalue weighted by molar-refractivity contribution is 0.410. The van der Waals surface area contributed by atoms with Crippen molar-refractivity contribution in [3.05, 3.63) is 35.3 Å². The number of benzene rings is 1. The van der Waals surface area contributed by atoms with Crippen molar-refractivity contribution in [3.63, 3.8) is 0 Å². The van der Waals surface area contributed by atoms with Crippen LogP contribution in [0.1, 0.15) is 12.5 Å². The summed E-state index contributed by atoms with van der Waals surface area (Å²) in [7, 11) is 1.70. The summed E-state index contributed by atoms with van der Waals surface area (Å²) in [5.74, 6) is 1.65. The SMILES string of the molecule is CCc1cc(-c2cn3c(N)csc3n2)ccc1OC. The molecule has 98 valence electrons. The van der Waals surface area contributed by atoms with Crippen LogP contribution >= 0.6 is 11.3 Å².